The summed E-state index contributed by atoms with van der Waals surface area (Å²) >= 11 is 0. The molecule has 0 aromatic heterocycles. The second-order valence-electron chi connectivity index (χ2n) is 5.25. The van der Waals surface area contributed by atoms with Gasteiger partial charge in [-0.1, -0.05) is 28.2 Å². The molecule has 1 N–H and O–H groups in total. The lowest BCUT2D eigenvalue weighted by atomic mass is 9.89. The van der Waals surface area contributed by atoms with Crippen molar-refractivity contribution in [3.05, 3.63) is 42.0 Å². The largest absolute Gasteiger partial charge is 0.488 e. The van der Waals surface area contributed by atoms with Gasteiger partial charge >= 0.3 is 10.5 Å². The predicted molar refractivity (Wildman–Crippen MR) is 79.7 cm³/mol. The molecule has 1 saturated heterocycles. The standard InChI is InChI=1S/C15H12FNO5S/c16-23(20,21)22-12-4-3-9-1-2-10(7-11(9)8-12)13-5-6-14(18)17-15(13)19/h1-4,7-8,13H,5-6H2,(H,17,18,19). The summed E-state index contributed by atoms with van der Waals surface area (Å²) in [7, 11) is -5.09. The number of piperidine rings is 1. The fraction of sp³-hybridized carbons (Fsp3) is 0.200. The Labute approximate surface area is 131 Å². The molecule has 1 heterocycles. The van der Waals surface area contributed by atoms with E-state index in [0.29, 0.717) is 17.4 Å². The van der Waals surface area contributed by atoms with Gasteiger partial charge in [0.05, 0.1) is 5.92 Å². The fourth-order valence-electron chi connectivity index (χ4n) is 2.64. The van der Waals surface area contributed by atoms with E-state index in [1.807, 2.05) is 0 Å². The summed E-state index contributed by atoms with van der Waals surface area (Å²) in [6, 6.07) is 9.54. The van der Waals surface area contributed by atoms with Crippen molar-refractivity contribution in [3.8, 4) is 5.75 Å². The molecule has 1 aliphatic rings. The van der Waals surface area contributed by atoms with Crippen molar-refractivity contribution in [1.29, 1.82) is 0 Å². The van der Waals surface area contributed by atoms with Crippen molar-refractivity contribution in [2.45, 2.75) is 18.8 Å². The highest BCUT2D eigenvalue weighted by atomic mass is 32.3. The molecule has 2 amide bonds. The highest BCUT2D eigenvalue weighted by Gasteiger charge is 2.27. The molecule has 0 aliphatic carbocycles. The van der Waals surface area contributed by atoms with E-state index >= 15 is 0 Å². The summed E-state index contributed by atoms with van der Waals surface area (Å²) in [5.41, 5.74) is 0.697. The molecule has 8 heteroatoms. The Balaban J connectivity index is 1.97. The Hall–Kier alpha value is -2.48. The van der Waals surface area contributed by atoms with Gasteiger partial charge < -0.3 is 4.18 Å². The van der Waals surface area contributed by atoms with Crippen LogP contribution in [0.3, 0.4) is 0 Å². The van der Waals surface area contributed by atoms with Gasteiger partial charge in [0.1, 0.15) is 5.75 Å². The first-order valence-corrected chi connectivity index (χ1v) is 8.14. The smallest absolute Gasteiger partial charge is 0.358 e. The maximum absolute atomic E-state index is 12.6. The van der Waals surface area contributed by atoms with Crippen LogP contribution in [0.15, 0.2) is 36.4 Å². The Morgan fingerprint density at radius 2 is 1.83 bits per heavy atom. The molecule has 0 spiro atoms. The molecule has 6 nitrogen and oxygen atoms in total. The minimum Gasteiger partial charge on any atom is -0.358 e. The number of amides is 2. The third-order valence-electron chi connectivity index (χ3n) is 3.67. The number of imide groups is 1. The van der Waals surface area contributed by atoms with Crippen LogP contribution in [0, 0.1) is 0 Å². The maximum Gasteiger partial charge on any atom is 0.488 e. The normalized spacial score (nSPS) is 18.7. The van der Waals surface area contributed by atoms with Gasteiger partial charge in [-0.3, -0.25) is 14.9 Å². The van der Waals surface area contributed by atoms with E-state index in [4.69, 9.17) is 0 Å². The third kappa shape index (κ3) is 3.48. The molecule has 0 radical (unpaired) electrons. The average Bonchev–Trinajstić information content (AvgIpc) is 2.45. The molecular weight excluding hydrogens is 325 g/mol. The number of rotatable bonds is 3. The SMILES string of the molecule is O=C1CCC(c2ccc3ccc(OS(=O)(=O)F)cc3c2)C(=O)N1. The minimum absolute atomic E-state index is 0.152. The van der Waals surface area contributed by atoms with Crippen LogP contribution in [-0.4, -0.2) is 20.2 Å². The number of hydrogen-bond acceptors (Lipinski definition) is 5. The van der Waals surface area contributed by atoms with E-state index in [-0.39, 0.29) is 24.0 Å². The van der Waals surface area contributed by atoms with Crippen molar-refractivity contribution < 1.29 is 26.1 Å². The second kappa shape index (κ2) is 5.62. The van der Waals surface area contributed by atoms with Gasteiger partial charge in [0, 0.05) is 6.42 Å². The Kier molecular flexibility index (Phi) is 3.77. The first-order chi connectivity index (χ1) is 10.8. The van der Waals surface area contributed by atoms with Crippen molar-refractivity contribution in [2.75, 3.05) is 0 Å². The predicted octanol–water partition coefficient (Wildman–Crippen LogP) is 1.95. The van der Waals surface area contributed by atoms with E-state index in [0.717, 1.165) is 5.39 Å². The molecule has 1 fully saturated rings. The van der Waals surface area contributed by atoms with Crippen LogP contribution >= 0.6 is 0 Å². The molecule has 0 bridgehead atoms. The van der Waals surface area contributed by atoms with Gasteiger partial charge in [-0.25, -0.2) is 0 Å². The van der Waals surface area contributed by atoms with Gasteiger partial charge in [0.25, 0.3) is 0 Å². The number of hydrogen-bond donors (Lipinski definition) is 1. The van der Waals surface area contributed by atoms with Crippen molar-refractivity contribution >= 4 is 33.1 Å². The van der Waals surface area contributed by atoms with Gasteiger partial charge in [-0.05, 0) is 34.9 Å². The van der Waals surface area contributed by atoms with Crippen LogP contribution in [0.5, 0.6) is 5.75 Å². The van der Waals surface area contributed by atoms with Crippen LogP contribution in [-0.2, 0) is 20.1 Å². The lowest BCUT2D eigenvalue weighted by Gasteiger charge is -2.21. The van der Waals surface area contributed by atoms with Crippen molar-refractivity contribution in [3.63, 3.8) is 0 Å². The molecule has 2 aromatic rings. The number of carbonyl (C=O) groups is 2. The van der Waals surface area contributed by atoms with Crippen molar-refractivity contribution in [1.82, 2.24) is 5.32 Å². The second-order valence-corrected chi connectivity index (χ2v) is 6.20. The van der Waals surface area contributed by atoms with Gasteiger partial charge in [0.15, 0.2) is 0 Å². The topological polar surface area (TPSA) is 89.5 Å². The van der Waals surface area contributed by atoms with Gasteiger partial charge in [-0.2, -0.15) is 8.42 Å². The lowest BCUT2D eigenvalue weighted by Crippen LogP contribution is -2.39. The quantitative estimate of drug-likeness (QED) is 0.683. The number of carbonyl (C=O) groups excluding carboxylic acids is 2. The zero-order chi connectivity index (χ0) is 16.6. The first-order valence-electron chi connectivity index (χ1n) is 6.83. The van der Waals surface area contributed by atoms with Crippen LogP contribution in [0.1, 0.15) is 24.3 Å². The monoisotopic (exact) mass is 337 g/mol. The van der Waals surface area contributed by atoms with Crippen LogP contribution in [0.4, 0.5) is 3.89 Å². The summed E-state index contributed by atoms with van der Waals surface area (Å²) in [5.74, 6) is -1.26. The Morgan fingerprint density at radius 1 is 1.09 bits per heavy atom. The molecule has 23 heavy (non-hydrogen) atoms. The summed E-state index contributed by atoms with van der Waals surface area (Å²) < 4.78 is 37.9. The van der Waals surface area contributed by atoms with E-state index in [9.17, 15) is 21.9 Å². The summed E-state index contributed by atoms with van der Waals surface area (Å²) in [6.07, 6.45) is 0.670. The number of benzene rings is 2. The van der Waals surface area contributed by atoms with Crippen molar-refractivity contribution in [2.24, 2.45) is 0 Å². The third-order valence-corrected chi connectivity index (χ3v) is 4.06. The van der Waals surface area contributed by atoms with Crippen LogP contribution in [0.2, 0.25) is 0 Å². The number of fused-ring (bicyclic) bond motifs is 1. The zero-order valence-corrected chi connectivity index (χ0v) is 12.6. The van der Waals surface area contributed by atoms with E-state index in [1.54, 1.807) is 24.3 Å². The first kappa shape index (κ1) is 15.4. The molecule has 3 rings (SSSR count). The maximum atomic E-state index is 12.6. The fourth-order valence-corrected chi connectivity index (χ4v) is 2.97. The Bertz CT molecular complexity index is 909. The minimum atomic E-state index is -5.09. The Morgan fingerprint density at radius 3 is 2.52 bits per heavy atom. The highest BCUT2D eigenvalue weighted by molar-refractivity contribution is 7.81. The van der Waals surface area contributed by atoms with E-state index in [1.165, 1.54) is 12.1 Å². The summed E-state index contributed by atoms with van der Waals surface area (Å²) in [6.45, 7) is 0. The van der Waals surface area contributed by atoms with Crippen LogP contribution < -0.4 is 9.50 Å². The summed E-state index contributed by atoms with van der Waals surface area (Å²) in [4.78, 5) is 23.1. The van der Waals surface area contributed by atoms with E-state index < -0.39 is 16.4 Å². The summed E-state index contributed by atoms with van der Waals surface area (Å²) in [5, 5.41) is 3.67. The van der Waals surface area contributed by atoms with E-state index in [2.05, 4.69) is 9.50 Å². The molecule has 1 unspecified atom stereocenters. The number of halogens is 1. The number of nitrogens with one attached hydrogen (secondary N) is 1. The lowest BCUT2D eigenvalue weighted by molar-refractivity contribution is -0.134. The molecule has 1 aliphatic heterocycles. The van der Waals surface area contributed by atoms with Crippen LogP contribution in [0.25, 0.3) is 10.8 Å². The molecule has 120 valence electrons. The molecule has 2 aromatic carbocycles. The zero-order valence-electron chi connectivity index (χ0n) is 11.8. The highest BCUT2D eigenvalue weighted by Crippen LogP contribution is 2.29. The van der Waals surface area contributed by atoms with Gasteiger partial charge in [0.2, 0.25) is 11.8 Å². The molecule has 1 atom stereocenters. The molecular formula is C15H12FNO5S. The average molecular weight is 337 g/mol. The molecule has 0 saturated carbocycles. The van der Waals surface area contributed by atoms with Gasteiger partial charge in [-0.15, -0.1) is 0 Å².